The van der Waals surface area contributed by atoms with E-state index >= 15 is 0 Å². The lowest BCUT2D eigenvalue weighted by atomic mass is 9.97. The van der Waals surface area contributed by atoms with Crippen LogP contribution in [0.4, 0.5) is 8.78 Å². The van der Waals surface area contributed by atoms with E-state index in [1.165, 1.54) is 13.2 Å². The molecule has 1 unspecified atom stereocenters. The van der Waals surface area contributed by atoms with E-state index in [9.17, 15) is 13.6 Å². The quantitative estimate of drug-likeness (QED) is 0.787. The highest BCUT2D eigenvalue weighted by Crippen LogP contribution is 2.22. The summed E-state index contributed by atoms with van der Waals surface area (Å²) in [6, 6.07) is 3.53. The molecule has 0 aliphatic carbocycles. The van der Waals surface area contributed by atoms with Crippen LogP contribution in [-0.4, -0.2) is 31.3 Å². The number of ether oxygens (including phenoxy) is 2. The van der Waals surface area contributed by atoms with Crippen molar-refractivity contribution in [3.8, 4) is 5.75 Å². The van der Waals surface area contributed by atoms with Gasteiger partial charge in [0.25, 0.3) is 0 Å². The van der Waals surface area contributed by atoms with Gasteiger partial charge in [-0.3, -0.25) is 10.1 Å². The van der Waals surface area contributed by atoms with Gasteiger partial charge >= 0.3 is 5.97 Å². The summed E-state index contributed by atoms with van der Waals surface area (Å²) in [6.45, 7) is 5.42. The summed E-state index contributed by atoms with van der Waals surface area (Å²) in [5.41, 5.74) is -0.981. The second kappa shape index (κ2) is 7.36. The third-order valence-electron chi connectivity index (χ3n) is 3.01. The Hall–Kier alpha value is -1.69. The first kappa shape index (κ1) is 17.4. The van der Waals surface area contributed by atoms with Crippen molar-refractivity contribution in [2.45, 2.75) is 38.8 Å². The van der Waals surface area contributed by atoms with Crippen LogP contribution in [0.15, 0.2) is 18.2 Å². The Bertz CT molecular complexity index is 474. The van der Waals surface area contributed by atoms with Gasteiger partial charge in [0.15, 0.2) is 17.4 Å². The lowest BCUT2D eigenvalue weighted by Gasteiger charge is -2.30. The van der Waals surface area contributed by atoms with Crippen molar-refractivity contribution in [1.82, 2.24) is 5.32 Å². The van der Waals surface area contributed by atoms with Gasteiger partial charge in [0.1, 0.15) is 5.54 Å². The second-order valence-electron chi connectivity index (χ2n) is 5.27. The molecule has 0 saturated heterocycles. The Balaban J connectivity index is 2.72. The Kier molecular flexibility index (Phi) is 6.08. The van der Waals surface area contributed by atoms with Crippen molar-refractivity contribution < 1.29 is 23.0 Å². The lowest BCUT2D eigenvalue weighted by molar-refractivity contribution is -0.148. The zero-order valence-electron chi connectivity index (χ0n) is 12.7. The minimum atomic E-state index is -0.981. The third kappa shape index (κ3) is 4.67. The summed E-state index contributed by atoms with van der Waals surface area (Å²) in [4.78, 5) is 11.9. The average molecular weight is 301 g/mol. The fourth-order valence-electron chi connectivity index (χ4n) is 2.07. The van der Waals surface area contributed by atoms with E-state index in [2.05, 4.69) is 5.32 Å². The maximum absolute atomic E-state index is 13.4. The Morgan fingerprint density at radius 1 is 1.33 bits per heavy atom. The van der Waals surface area contributed by atoms with Crippen LogP contribution >= 0.6 is 0 Å². The predicted molar refractivity (Wildman–Crippen MR) is 75.2 cm³/mol. The summed E-state index contributed by atoms with van der Waals surface area (Å²) in [6.07, 6.45) is 0.214. The monoisotopic (exact) mass is 301 g/mol. The highest BCUT2D eigenvalue weighted by atomic mass is 19.1. The van der Waals surface area contributed by atoms with Crippen molar-refractivity contribution in [2.24, 2.45) is 0 Å². The molecule has 0 radical (unpaired) electrons. The Morgan fingerprint density at radius 3 is 2.38 bits per heavy atom. The molecule has 6 heteroatoms. The maximum Gasteiger partial charge on any atom is 0.325 e. The van der Waals surface area contributed by atoms with Gasteiger partial charge in [-0.25, -0.2) is 8.78 Å². The van der Waals surface area contributed by atoms with E-state index in [4.69, 9.17) is 9.47 Å². The summed E-state index contributed by atoms with van der Waals surface area (Å²) in [5.74, 6) is -2.43. The van der Waals surface area contributed by atoms with Gasteiger partial charge in [0, 0.05) is 12.5 Å². The molecular weight excluding hydrogens is 280 g/mol. The van der Waals surface area contributed by atoms with Crippen LogP contribution in [0.3, 0.4) is 0 Å². The number of benzene rings is 1. The standard InChI is InChI=1S/C15H21F2NO3/c1-10(2)18-15(3,14(19)20-4)8-9-21-13-11(16)6-5-7-12(13)17/h5-7,10,18H,8-9H2,1-4H3. The summed E-state index contributed by atoms with van der Waals surface area (Å²) < 4.78 is 36.8. The van der Waals surface area contributed by atoms with Crippen LogP contribution in [0.1, 0.15) is 27.2 Å². The normalized spacial score (nSPS) is 13.9. The number of carbonyl (C=O) groups excluding carboxylic acids is 1. The molecule has 0 saturated carbocycles. The molecule has 0 bridgehead atoms. The van der Waals surface area contributed by atoms with Crippen LogP contribution in [0.5, 0.6) is 5.75 Å². The van der Waals surface area contributed by atoms with Crippen molar-refractivity contribution in [2.75, 3.05) is 13.7 Å². The zero-order valence-corrected chi connectivity index (χ0v) is 12.7. The van der Waals surface area contributed by atoms with Crippen molar-refractivity contribution in [3.05, 3.63) is 29.8 Å². The van der Waals surface area contributed by atoms with Gasteiger partial charge in [0.05, 0.1) is 13.7 Å². The van der Waals surface area contributed by atoms with Gasteiger partial charge < -0.3 is 9.47 Å². The minimum Gasteiger partial charge on any atom is -0.488 e. The molecule has 0 aliphatic rings. The number of esters is 1. The fraction of sp³-hybridized carbons (Fsp3) is 0.533. The fourth-order valence-corrected chi connectivity index (χ4v) is 2.07. The van der Waals surface area contributed by atoms with Crippen LogP contribution in [0, 0.1) is 11.6 Å². The largest absolute Gasteiger partial charge is 0.488 e. The van der Waals surface area contributed by atoms with E-state index in [0.29, 0.717) is 0 Å². The van der Waals surface area contributed by atoms with Crippen molar-refractivity contribution >= 4 is 5.97 Å². The number of methoxy groups -OCH3 is 1. The van der Waals surface area contributed by atoms with Crippen LogP contribution in [0.25, 0.3) is 0 Å². The van der Waals surface area contributed by atoms with E-state index in [0.717, 1.165) is 12.1 Å². The highest BCUT2D eigenvalue weighted by Gasteiger charge is 2.34. The smallest absolute Gasteiger partial charge is 0.325 e. The number of hydrogen-bond acceptors (Lipinski definition) is 4. The van der Waals surface area contributed by atoms with Crippen molar-refractivity contribution in [1.29, 1.82) is 0 Å². The molecule has 21 heavy (non-hydrogen) atoms. The van der Waals surface area contributed by atoms with Crippen LogP contribution in [-0.2, 0) is 9.53 Å². The first-order valence-corrected chi connectivity index (χ1v) is 6.73. The SMILES string of the molecule is COC(=O)C(C)(CCOc1c(F)cccc1F)NC(C)C. The number of para-hydroxylation sites is 1. The first-order valence-electron chi connectivity index (χ1n) is 6.73. The predicted octanol–water partition coefficient (Wildman–Crippen LogP) is 2.66. The van der Waals surface area contributed by atoms with Gasteiger partial charge in [-0.1, -0.05) is 6.07 Å². The third-order valence-corrected chi connectivity index (χ3v) is 3.01. The molecule has 1 N–H and O–H groups in total. The average Bonchev–Trinajstić information content (AvgIpc) is 2.40. The molecular formula is C15H21F2NO3. The Labute approximate surface area is 123 Å². The number of carbonyl (C=O) groups is 1. The summed E-state index contributed by atoms with van der Waals surface area (Å²) in [5, 5.41) is 3.08. The van der Waals surface area contributed by atoms with Crippen LogP contribution < -0.4 is 10.1 Å². The van der Waals surface area contributed by atoms with E-state index < -0.39 is 28.9 Å². The van der Waals surface area contributed by atoms with E-state index in [1.807, 2.05) is 13.8 Å². The van der Waals surface area contributed by atoms with Crippen molar-refractivity contribution in [3.63, 3.8) is 0 Å². The molecule has 0 aromatic heterocycles. The molecule has 0 amide bonds. The maximum atomic E-state index is 13.4. The van der Waals surface area contributed by atoms with Gasteiger partial charge in [0.2, 0.25) is 0 Å². The molecule has 0 heterocycles. The summed E-state index contributed by atoms with van der Waals surface area (Å²) >= 11 is 0. The van der Waals surface area contributed by atoms with E-state index in [-0.39, 0.29) is 19.1 Å². The molecule has 1 atom stereocenters. The molecule has 1 aromatic carbocycles. The van der Waals surface area contributed by atoms with Gasteiger partial charge in [-0.2, -0.15) is 0 Å². The zero-order chi connectivity index (χ0) is 16.0. The van der Waals surface area contributed by atoms with Gasteiger partial charge in [-0.05, 0) is 32.9 Å². The summed E-state index contributed by atoms with van der Waals surface area (Å²) in [7, 11) is 1.29. The first-order chi connectivity index (χ1) is 9.80. The number of nitrogens with one attached hydrogen (secondary N) is 1. The second-order valence-corrected chi connectivity index (χ2v) is 5.27. The lowest BCUT2D eigenvalue weighted by Crippen LogP contribution is -2.53. The topological polar surface area (TPSA) is 47.6 Å². The van der Waals surface area contributed by atoms with Gasteiger partial charge in [-0.15, -0.1) is 0 Å². The van der Waals surface area contributed by atoms with Crippen LogP contribution in [0.2, 0.25) is 0 Å². The molecule has 4 nitrogen and oxygen atoms in total. The molecule has 0 aliphatic heterocycles. The number of hydrogen-bond donors (Lipinski definition) is 1. The molecule has 0 fully saturated rings. The number of rotatable bonds is 7. The molecule has 118 valence electrons. The molecule has 0 spiro atoms. The minimum absolute atomic E-state index is 0.0246. The molecule has 1 rings (SSSR count). The highest BCUT2D eigenvalue weighted by molar-refractivity contribution is 5.80. The Morgan fingerprint density at radius 2 is 1.90 bits per heavy atom. The molecule has 1 aromatic rings. The number of halogens is 2. The van der Waals surface area contributed by atoms with E-state index in [1.54, 1.807) is 6.92 Å².